The van der Waals surface area contributed by atoms with Crippen molar-refractivity contribution in [2.45, 2.75) is 0 Å². The van der Waals surface area contributed by atoms with Gasteiger partial charge in [-0.05, 0) is 5.57 Å². The van der Waals surface area contributed by atoms with E-state index in [9.17, 15) is 10.2 Å². The molecule has 4 heteroatoms. The Balaban J connectivity index is 3.28. The van der Waals surface area contributed by atoms with E-state index < -0.39 is 0 Å². The zero-order chi connectivity index (χ0) is 10.0. The third-order valence-electron chi connectivity index (χ3n) is 1.68. The van der Waals surface area contributed by atoms with Crippen molar-refractivity contribution in [2.75, 3.05) is 6.54 Å². The third kappa shape index (κ3) is 1.73. The number of benzene rings is 1. The van der Waals surface area contributed by atoms with Gasteiger partial charge < -0.3 is 21.1 Å². The Bertz CT molecular complexity index is 324. The molecule has 0 aliphatic rings. The van der Waals surface area contributed by atoms with Gasteiger partial charge in [-0.25, -0.2) is 0 Å². The molecule has 1 aromatic rings. The Morgan fingerprint density at radius 3 is 2.08 bits per heavy atom. The number of phenolic OH excluding ortho intramolecular Hbond substituents is 3. The molecular formula is C9H11NO3. The molecule has 0 bridgehead atoms. The molecule has 0 unspecified atom stereocenters. The molecule has 1 rings (SSSR count). The maximum Gasteiger partial charge on any atom is 0.130 e. The highest BCUT2D eigenvalue weighted by Gasteiger charge is 2.11. The average Bonchev–Trinajstić information content (AvgIpc) is 2.02. The molecular weight excluding hydrogens is 170 g/mol. The number of phenols is 3. The van der Waals surface area contributed by atoms with Gasteiger partial charge in [-0.2, -0.15) is 0 Å². The molecule has 0 saturated carbocycles. The summed E-state index contributed by atoms with van der Waals surface area (Å²) in [6.45, 7) is 3.70. The first-order chi connectivity index (χ1) is 6.06. The second-order valence-corrected chi connectivity index (χ2v) is 2.67. The zero-order valence-corrected chi connectivity index (χ0v) is 6.99. The molecule has 13 heavy (non-hydrogen) atoms. The van der Waals surface area contributed by atoms with E-state index in [1.54, 1.807) is 0 Å². The van der Waals surface area contributed by atoms with Crippen molar-refractivity contribution in [1.82, 2.24) is 0 Å². The first-order valence-corrected chi connectivity index (χ1v) is 3.69. The van der Waals surface area contributed by atoms with E-state index in [0.29, 0.717) is 5.57 Å². The number of nitrogens with two attached hydrogens (primary N) is 1. The maximum atomic E-state index is 9.34. The molecule has 1 aromatic carbocycles. The van der Waals surface area contributed by atoms with Crippen LogP contribution in [-0.2, 0) is 0 Å². The minimum Gasteiger partial charge on any atom is -0.508 e. The lowest BCUT2D eigenvalue weighted by molar-refractivity contribution is 0.425. The van der Waals surface area contributed by atoms with Crippen LogP contribution in [0.15, 0.2) is 18.7 Å². The van der Waals surface area contributed by atoms with Gasteiger partial charge in [0.2, 0.25) is 0 Å². The number of rotatable bonds is 2. The summed E-state index contributed by atoms with van der Waals surface area (Å²) in [4.78, 5) is 0. The normalized spacial score (nSPS) is 9.92. The Kier molecular flexibility index (Phi) is 2.44. The number of aromatic hydroxyl groups is 3. The minimum atomic E-state index is -0.229. The van der Waals surface area contributed by atoms with Gasteiger partial charge in [-0.3, -0.25) is 0 Å². The molecule has 0 spiro atoms. The van der Waals surface area contributed by atoms with Gasteiger partial charge in [0.1, 0.15) is 17.2 Å². The highest BCUT2D eigenvalue weighted by Crippen LogP contribution is 2.35. The maximum absolute atomic E-state index is 9.34. The Labute approximate surface area is 75.6 Å². The molecule has 70 valence electrons. The predicted molar refractivity (Wildman–Crippen MR) is 49.5 cm³/mol. The second kappa shape index (κ2) is 3.37. The van der Waals surface area contributed by atoms with E-state index in [2.05, 4.69) is 6.58 Å². The largest absolute Gasteiger partial charge is 0.508 e. The van der Waals surface area contributed by atoms with Gasteiger partial charge in [-0.15, -0.1) is 0 Å². The van der Waals surface area contributed by atoms with Crippen LogP contribution in [0, 0.1) is 0 Å². The highest BCUT2D eigenvalue weighted by molar-refractivity contribution is 5.75. The van der Waals surface area contributed by atoms with Crippen molar-refractivity contribution in [3.63, 3.8) is 0 Å². The van der Waals surface area contributed by atoms with Crippen LogP contribution >= 0.6 is 0 Å². The molecule has 0 aliphatic heterocycles. The molecule has 4 nitrogen and oxygen atoms in total. The summed E-state index contributed by atoms with van der Waals surface area (Å²) in [6, 6.07) is 2.24. The van der Waals surface area contributed by atoms with Crippen molar-refractivity contribution in [2.24, 2.45) is 5.73 Å². The molecule has 0 radical (unpaired) electrons. The summed E-state index contributed by atoms with van der Waals surface area (Å²) in [5.74, 6) is -0.663. The molecule has 0 aromatic heterocycles. The van der Waals surface area contributed by atoms with E-state index in [1.165, 1.54) is 0 Å². The molecule has 5 N–H and O–H groups in total. The first kappa shape index (κ1) is 9.41. The topological polar surface area (TPSA) is 86.7 Å². The fourth-order valence-electron chi connectivity index (χ4n) is 1.06. The Hall–Kier alpha value is -1.68. The van der Waals surface area contributed by atoms with Crippen LogP contribution in [-0.4, -0.2) is 21.9 Å². The van der Waals surface area contributed by atoms with Crippen molar-refractivity contribution in [3.05, 3.63) is 24.3 Å². The van der Waals surface area contributed by atoms with Crippen LogP contribution in [0.25, 0.3) is 5.57 Å². The van der Waals surface area contributed by atoms with E-state index in [0.717, 1.165) is 12.1 Å². The van der Waals surface area contributed by atoms with Crippen LogP contribution in [0.3, 0.4) is 0 Å². The van der Waals surface area contributed by atoms with Gasteiger partial charge in [0.15, 0.2) is 0 Å². The highest BCUT2D eigenvalue weighted by atomic mass is 16.3. The summed E-state index contributed by atoms with van der Waals surface area (Å²) >= 11 is 0. The monoisotopic (exact) mass is 181 g/mol. The fourth-order valence-corrected chi connectivity index (χ4v) is 1.06. The molecule has 0 fully saturated rings. The van der Waals surface area contributed by atoms with Crippen LogP contribution in [0.4, 0.5) is 0 Å². The Morgan fingerprint density at radius 1 is 1.23 bits per heavy atom. The zero-order valence-electron chi connectivity index (χ0n) is 6.99. The third-order valence-corrected chi connectivity index (χ3v) is 1.68. The van der Waals surface area contributed by atoms with Gasteiger partial charge in [0.25, 0.3) is 0 Å². The van der Waals surface area contributed by atoms with E-state index in [1.807, 2.05) is 0 Å². The number of hydrogen-bond acceptors (Lipinski definition) is 4. The van der Waals surface area contributed by atoms with Crippen molar-refractivity contribution >= 4 is 5.57 Å². The quantitative estimate of drug-likeness (QED) is 0.543. The van der Waals surface area contributed by atoms with Gasteiger partial charge in [0, 0.05) is 18.7 Å². The summed E-state index contributed by atoms with van der Waals surface area (Å²) in [5, 5.41) is 27.7. The summed E-state index contributed by atoms with van der Waals surface area (Å²) < 4.78 is 0. The lowest BCUT2D eigenvalue weighted by Gasteiger charge is -2.08. The molecule has 0 amide bonds. The van der Waals surface area contributed by atoms with E-state index >= 15 is 0 Å². The van der Waals surface area contributed by atoms with Crippen molar-refractivity contribution in [1.29, 1.82) is 0 Å². The SMILES string of the molecule is C=C(CN)c1c(O)cc(O)cc1O. The van der Waals surface area contributed by atoms with Crippen LogP contribution in [0.5, 0.6) is 17.2 Å². The molecule has 0 heterocycles. The van der Waals surface area contributed by atoms with E-state index in [-0.39, 0.29) is 29.4 Å². The lowest BCUT2D eigenvalue weighted by Crippen LogP contribution is -2.01. The van der Waals surface area contributed by atoms with E-state index in [4.69, 9.17) is 10.8 Å². The summed E-state index contributed by atoms with van der Waals surface area (Å²) in [5.41, 5.74) is 5.89. The molecule has 0 saturated heterocycles. The lowest BCUT2D eigenvalue weighted by atomic mass is 10.1. The van der Waals surface area contributed by atoms with Gasteiger partial charge >= 0.3 is 0 Å². The second-order valence-electron chi connectivity index (χ2n) is 2.67. The average molecular weight is 181 g/mol. The standard InChI is InChI=1S/C9H11NO3/c1-5(4-10)9-7(12)2-6(11)3-8(9)13/h2-3,11-13H,1,4,10H2. The predicted octanol–water partition coefficient (Wildman–Crippen LogP) is 0.775. The first-order valence-electron chi connectivity index (χ1n) is 3.69. The fraction of sp³-hybridized carbons (Fsp3) is 0.111. The molecule has 0 aliphatic carbocycles. The number of hydrogen-bond donors (Lipinski definition) is 4. The van der Waals surface area contributed by atoms with Crippen LogP contribution < -0.4 is 5.73 Å². The minimum absolute atomic E-state index is 0.131. The summed E-state index contributed by atoms with van der Waals surface area (Å²) in [6.07, 6.45) is 0. The van der Waals surface area contributed by atoms with Crippen LogP contribution in [0.1, 0.15) is 5.56 Å². The van der Waals surface area contributed by atoms with Gasteiger partial charge in [-0.1, -0.05) is 6.58 Å². The summed E-state index contributed by atoms with van der Waals surface area (Å²) in [7, 11) is 0. The van der Waals surface area contributed by atoms with Gasteiger partial charge in [0.05, 0.1) is 5.56 Å². The van der Waals surface area contributed by atoms with Crippen molar-refractivity contribution in [3.8, 4) is 17.2 Å². The molecule has 0 atom stereocenters. The Morgan fingerprint density at radius 2 is 1.69 bits per heavy atom. The van der Waals surface area contributed by atoms with Crippen LogP contribution in [0.2, 0.25) is 0 Å². The van der Waals surface area contributed by atoms with Crippen molar-refractivity contribution < 1.29 is 15.3 Å². The smallest absolute Gasteiger partial charge is 0.130 e.